The summed E-state index contributed by atoms with van der Waals surface area (Å²) >= 11 is 0. The van der Waals surface area contributed by atoms with Crippen LogP contribution in [0.1, 0.15) is 6.42 Å². The van der Waals surface area contributed by atoms with Crippen molar-refractivity contribution in [1.82, 2.24) is 14.6 Å². The number of nitrogens with zero attached hydrogens (tertiary/aromatic N) is 3. The zero-order valence-corrected chi connectivity index (χ0v) is 8.74. The van der Waals surface area contributed by atoms with E-state index in [9.17, 15) is 4.79 Å². The molecule has 0 aliphatic carbocycles. The molecule has 0 bridgehead atoms. The summed E-state index contributed by atoms with van der Waals surface area (Å²) < 4.78 is 1.40. The van der Waals surface area contributed by atoms with E-state index < -0.39 is 5.69 Å². The van der Waals surface area contributed by atoms with E-state index in [0.717, 1.165) is 6.42 Å². The molecule has 88 valence electrons. The van der Waals surface area contributed by atoms with E-state index in [1.54, 1.807) is 17.3 Å². The molecule has 2 heterocycles. The lowest BCUT2D eigenvalue weighted by molar-refractivity contribution is -0.173. The summed E-state index contributed by atoms with van der Waals surface area (Å²) in [6, 6.07) is 1.56. The van der Waals surface area contributed by atoms with Crippen LogP contribution < -0.4 is 11.4 Å². The lowest BCUT2D eigenvalue weighted by atomic mass is 10.3. The molecule has 1 aliphatic heterocycles. The molecule has 0 aromatic carbocycles. The summed E-state index contributed by atoms with van der Waals surface area (Å²) in [5, 5.41) is 10.5. The maximum atomic E-state index is 11.4. The Kier molecular flexibility index (Phi) is 3.18. The Labute approximate surface area is 92.0 Å². The first kappa shape index (κ1) is 11.1. The van der Waals surface area contributed by atoms with Gasteiger partial charge in [0.25, 0.3) is 0 Å². The second-order valence-electron chi connectivity index (χ2n) is 3.65. The highest BCUT2D eigenvalue weighted by atomic mass is 16.7. The number of aromatic nitrogens is 2. The van der Waals surface area contributed by atoms with Crippen LogP contribution in [-0.4, -0.2) is 39.0 Å². The topological polar surface area (TPSA) is 93.6 Å². The summed E-state index contributed by atoms with van der Waals surface area (Å²) in [4.78, 5) is 20.4. The Bertz CT molecular complexity index is 419. The van der Waals surface area contributed by atoms with Crippen LogP contribution in [-0.2, 0) is 11.5 Å². The standard InChI is InChI=1S/C9H14N4O3/c10-8-2-3-12(9(15)11-8)6-13-4-1-7(5-14)16-13/h2-3,7,14H,1,4-6H2,(H2,10,11,15)/t7-/m0/s1. The lowest BCUT2D eigenvalue weighted by Crippen LogP contribution is -2.31. The Balaban J connectivity index is 2.02. The van der Waals surface area contributed by atoms with Gasteiger partial charge >= 0.3 is 5.69 Å². The SMILES string of the molecule is Nc1ccn(CN2CC[C@@H](CO)O2)c(=O)n1. The van der Waals surface area contributed by atoms with Crippen molar-refractivity contribution in [2.75, 3.05) is 18.9 Å². The zero-order valence-electron chi connectivity index (χ0n) is 8.74. The first-order chi connectivity index (χ1) is 7.69. The Hall–Kier alpha value is -1.44. The molecule has 1 atom stereocenters. The third-order valence-corrected chi connectivity index (χ3v) is 2.41. The van der Waals surface area contributed by atoms with Crippen LogP contribution in [0.15, 0.2) is 17.1 Å². The van der Waals surface area contributed by atoms with Crippen LogP contribution >= 0.6 is 0 Å². The maximum Gasteiger partial charge on any atom is 0.350 e. The number of hydroxylamine groups is 2. The van der Waals surface area contributed by atoms with E-state index in [1.807, 2.05) is 0 Å². The number of aliphatic hydroxyl groups excluding tert-OH is 1. The Morgan fingerprint density at radius 1 is 1.69 bits per heavy atom. The molecule has 0 saturated carbocycles. The van der Waals surface area contributed by atoms with Crippen molar-refractivity contribution in [3.8, 4) is 0 Å². The minimum atomic E-state index is -0.406. The maximum absolute atomic E-state index is 11.4. The molecule has 2 rings (SSSR count). The molecule has 16 heavy (non-hydrogen) atoms. The second-order valence-corrected chi connectivity index (χ2v) is 3.65. The largest absolute Gasteiger partial charge is 0.394 e. The molecule has 1 fully saturated rings. The van der Waals surface area contributed by atoms with Gasteiger partial charge in [-0.15, -0.1) is 0 Å². The van der Waals surface area contributed by atoms with Crippen molar-refractivity contribution < 1.29 is 9.94 Å². The van der Waals surface area contributed by atoms with Gasteiger partial charge in [0.05, 0.1) is 6.61 Å². The van der Waals surface area contributed by atoms with Gasteiger partial charge in [-0.3, -0.25) is 9.40 Å². The number of anilines is 1. The second kappa shape index (κ2) is 4.60. The summed E-state index contributed by atoms with van der Waals surface area (Å²) in [5.74, 6) is 0.205. The third-order valence-electron chi connectivity index (χ3n) is 2.41. The van der Waals surface area contributed by atoms with Crippen molar-refractivity contribution in [1.29, 1.82) is 0 Å². The summed E-state index contributed by atoms with van der Waals surface area (Å²) in [7, 11) is 0. The van der Waals surface area contributed by atoms with Gasteiger partial charge in [0.15, 0.2) is 0 Å². The molecule has 7 nitrogen and oxygen atoms in total. The highest BCUT2D eigenvalue weighted by molar-refractivity contribution is 5.23. The van der Waals surface area contributed by atoms with Crippen molar-refractivity contribution in [2.45, 2.75) is 19.2 Å². The fourth-order valence-electron chi connectivity index (χ4n) is 1.55. The molecule has 0 spiro atoms. The molecule has 1 aromatic rings. The van der Waals surface area contributed by atoms with E-state index in [2.05, 4.69) is 4.98 Å². The van der Waals surface area contributed by atoms with E-state index in [4.69, 9.17) is 15.7 Å². The first-order valence-corrected chi connectivity index (χ1v) is 5.04. The normalized spacial score (nSPS) is 21.4. The smallest absolute Gasteiger partial charge is 0.350 e. The highest BCUT2D eigenvalue weighted by Crippen LogP contribution is 2.12. The molecule has 1 aliphatic rings. The molecule has 0 amide bonds. The molecule has 3 N–H and O–H groups in total. The first-order valence-electron chi connectivity index (χ1n) is 5.04. The monoisotopic (exact) mass is 226 g/mol. The third kappa shape index (κ3) is 2.38. The number of hydrogen-bond donors (Lipinski definition) is 2. The summed E-state index contributed by atoms with van der Waals surface area (Å²) in [6.45, 7) is 0.968. The van der Waals surface area contributed by atoms with Gasteiger partial charge in [-0.2, -0.15) is 10.0 Å². The molecule has 1 saturated heterocycles. The Morgan fingerprint density at radius 2 is 2.50 bits per heavy atom. The van der Waals surface area contributed by atoms with Crippen molar-refractivity contribution in [3.63, 3.8) is 0 Å². The lowest BCUT2D eigenvalue weighted by Gasteiger charge is -2.16. The number of rotatable bonds is 3. The van der Waals surface area contributed by atoms with Gasteiger partial charge < -0.3 is 10.8 Å². The minimum absolute atomic E-state index is 0.00854. The number of hydrogen-bond acceptors (Lipinski definition) is 6. The predicted molar refractivity (Wildman–Crippen MR) is 56.2 cm³/mol. The number of aliphatic hydroxyl groups is 1. The number of nitrogen functional groups attached to an aromatic ring is 1. The van der Waals surface area contributed by atoms with Crippen LogP contribution in [0.2, 0.25) is 0 Å². The molecule has 7 heteroatoms. The molecular weight excluding hydrogens is 212 g/mol. The van der Waals surface area contributed by atoms with E-state index in [-0.39, 0.29) is 18.5 Å². The van der Waals surface area contributed by atoms with Gasteiger partial charge in [-0.05, 0) is 12.5 Å². The summed E-state index contributed by atoms with van der Waals surface area (Å²) in [5.41, 5.74) is 4.97. The van der Waals surface area contributed by atoms with E-state index in [0.29, 0.717) is 13.2 Å². The average Bonchev–Trinajstić information content (AvgIpc) is 2.70. The molecule has 0 radical (unpaired) electrons. The van der Waals surface area contributed by atoms with Crippen LogP contribution in [0.25, 0.3) is 0 Å². The average molecular weight is 226 g/mol. The van der Waals surface area contributed by atoms with E-state index >= 15 is 0 Å². The fourth-order valence-corrected chi connectivity index (χ4v) is 1.55. The summed E-state index contributed by atoms with van der Waals surface area (Å²) in [6.07, 6.45) is 2.16. The molecule has 0 unspecified atom stereocenters. The van der Waals surface area contributed by atoms with Crippen LogP contribution in [0, 0.1) is 0 Å². The van der Waals surface area contributed by atoms with E-state index in [1.165, 1.54) is 4.57 Å². The fraction of sp³-hybridized carbons (Fsp3) is 0.556. The Morgan fingerprint density at radius 3 is 3.12 bits per heavy atom. The number of nitrogens with two attached hydrogens (primary N) is 1. The molecule has 1 aromatic heterocycles. The van der Waals surface area contributed by atoms with Gasteiger partial charge in [0.2, 0.25) is 0 Å². The predicted octanol–water partition coefficient (Wildman–Crippen LogP) is -1.22. The quantitative estimate of drug-likeness (QED) is 0.671. The minimum Gasteiger partial charge on any atom is -0.394 e. The van der Waals surface area contributed by atoms with Crippen LogP contribution in [0.5, 0.6) is 0 Å². The van der Waals surface area contributed by atoms with Crippen LogP contribution in [0.3, 0.4) is 0 Å². The van der Waals surface area contributed by atoms with Gasteiger partial charge in [0.1, 0.15) is 18.6 Å². The van der Waals surface area contributed by atoms with Crippen molar-refractivity contribution >= 4 is 5.82 Å². The van der Waals surface area contributed by atoms with Gasteiger partial charge in [-0.1, -0.05) is 0 Å². The molecular formula is C9H14N4O3. The van der Waals surface area contributed by atoms with Crippen molar-refractivity contribution in [2.24, 2.45) is 0 Å². The zero-order chi connectivity index (χ0) is 11.5. The highest BCUT2D eigenvalue weighted by Gasteiger charge is 2.22. The van der Waals surface area contributed by atoms with Crippen LogP contribution in [0.4, 0.5) is 5.82 Å². The van der Waals surface area contributed by atoms with Crippen molar-refractivity contribution in [3.05, 3.63) is 22.7 Å². The van der Waals surface area contributed by atoms with Gasteiger partial charge in [0, 0.05) is 12.7 Å². The van der Waals surface area contributed by atoms with Gasteiger partial charge in [-0.25, -0.2) is 4.79 Å².